The minimum atomic E-state index is -4.11. The van der Waals surface area contributed by atoms with Gasteiger partial charge >= 0.3 is 6.18 Å². The molecule has 1 amide bonds. The SMILES string of the molecule is NC(=O)c1sc(NCCCCC(F)(F)F)c(C2CC2)c1N. The van der Waals surface area contributed by atoms with Gasteiger partial charge in [-0.25, -0.2) is 0 Å². The summed E-state index contributed by atoms with van der Waals surface area (Å²) in [5, 5.41) is 3.87. The van der Waals surface area contributed by atoms with Crippen LogP contribution in [-0.2, 0) is 0 Å². The summed E-state index contributed by atoms with van der Waals surface area (Å²) in [6.45, 7) is 0.425. The molecule has 0 bridgehead atoms. The average molecular weight is 321 g/mol. The summed E-state index contributed by atoms with van der Waals surface area (Å²) in [6, 6.07) is 0. The molecule has 0 saturated heterocycles. The average Bonchev–Trinajstić information content (AvgIpc) is 3.12. The van der Waals surface area contributed by atoms with Gasteiger partial charge in [-0.3, -0.25) is 4.79 Å². The Bertz CT molecular complexity index is 523. The van der Waals surface area contributed by atoms with Gasteiger partial charge in [0.15, 0.2) is 0 Å². The molecule has 1 aromatic heterocycles. The minimum absolute atomic E-state index is 0.0821. The lowest BCUT2D eigenvalue weighted by Crippen LogP contribution is -2.11. The zero-order chi connectivity index (χ0) is 15.6. The quantitative estimate of drug-likeness (QED) is 0.673. The number of nitrogens with two attached hydrogens (primary N) is 2. The van der Waals surface area contributed by atoms with Crippen molar-refractivity contribution >= 4 is 27.9 Å². The van der Waals surface area contributed by atoms with E-state index in [4.69, 9.17) is 11.5 Å². The van der Waals surface area contributed by atoms with Crippen molar-refractivity contribution in [2.24, 2.45) is 5.73 Å². The summed E-state index contributed by atoms with van der Waals surface area (Å²) >= 11 is 1.19. The molecule has 1 aliphatic rings. The van der Waals surface area contributed by atoms with Crippen LogP contribution >= 0.6 is 11.3 Å². The Hall–Kier alpha value is -1.44. The van der Waals surface area contributed by atoms with Crippen LogP contribution in [0.2, 0.25) is 0 Å². The van der Waals surface area contributed by atoms with Crippen LogP contribution in [0.4, 0.5) is 23.9 Å². The first-order valence-electron chi connectivity index (χ1n) is 6.82. The third-order valence-corrected chi connectivity index (χ3v) is 4.56. The fraction of sp³-hybridized carbons (Fsp3) is 0.615. The van der Waals surface area contributed by atoms with Gasteiger partial charge in [-0.2, -0.15) is 13.2 Å². The number of hydrogen-bond donors (Lipinski definition) is 3. The van der Waals surface area contributed by atoms with Crippen molar-refractivity contribution in [1.82, 2.24) is 0 Å². The second kappa shape index (κ2) is 6.13. The predicted octanol–water partition coefficient (Wildman–Crippen LogP) is 3.45. The predicted molar refractivity (Wildman–Crippen MR) is 77.6 cm³/mol. The lowest BCUT2D eigenvalue weighted by atomic mass is 10.1. The third-order valence-electron chi connectivity index (χ3n) is 3.37. The number of hydrogen-bond acceptors (Lipinski definition) is 4. The molecule has 118 valence electrons. The number of nitrogen functional groups attached to an aromatic ring is 1. The van der Waals surface area contributed by atoms with Crippen LogP contribution in [0.1, 0.15) is 53.3 Å². The summed E-state index contributed by atoms with van der Waals surface area (Å²) in [5.74, 6) is -0.225. The smallest absolute Gasteiger partial charge is 0.389 e. The van der Waals surface area contributed by atoms with E-state index in [9.17, 15) is 18.0 Å². The molecule has 4 nitrogen and oxygen atoms in total. The second-order valence-electron chi connectivity index (χ2n) is 5.23. The van der Waals surface area contributed by atoms with Gasteiger partial charge in [0.1, 0.15) is 4.88 Å². The van der Waals surface area contributed by atoms with E-state index < -0.39 is 18.5 Å². The van der Waals surface area contributed by atoms with Crippen LogP contribution in [0.3, 0.4) is 0 Å². The number of carbonyl (C=O) groups excluding carboxylic acids is 1. The van der Waals surface area contributed by atoms with Crippen LogP contribution < -0.4 is 16.8 Å². The van der Waals surface area contributed by atoms with Gasteiger partial charge in [0, 0.05) is 18.5 Å². The van der Waals surface area contributed by atoms with Crippen molar-refractivity contribution in [3.63, 3.8) is 0 Å². The molecule has 0 atom stereocenters. The number of unbranched alkanes of at least 4 members (excludes halogenated alkanes) is 1. The Labute approximate surface area is 124 Å². The van der Waals surface area contributed by atoms with Crippen molar-refractivity contribution in [1.29, 1.82) is 0 Å². The molecular formula is C13H18F3N3OS. The van der Waals surface area contributed by atoms with Crippen molar-refractivity contribution in [2.45, 2.75) is 44.2 Å². The summed E-state index contributed by atoms with van der Waals surface area (Å²) in [5.41, 5.74) is 12.6. The number of rotatable bonds is 7. The Morgan fingerprint density at radius 2 is 2.00 bits per heavy atom. The number of amides is 1. The number of alkyl halides is 3. The molecule has 1 saturated carbocycles. The summed E-state index contributed by atoms with van der Waals surface area (Å²) in [7, 11) is 0. The third kappa shape index (κ3) is 4.26. The summed E-state index contributed by atoms with van der Waals surface area (Å²) < 4.78 is 36.1. The highest BCUT2D eigenvalue weighted by atomic mass is 32.1. The highest BCUT2D eigenvalue weighted by Crippen LogP contribution is 2.50. The van der Waals surface area contributed by atoms with Crippen LogP contribution in [-0.4, -0.2) is 18.6 Å². The number of carbonyl (C=O) groups is 1. The van der Waals surface area contributed by atoms with Gasteiger partial charge < -0.3 is 16.8 Å². The lowest BCUT2D eigenvalue weighted by Gasteiger charge is -2.08. The van der Waals surface area contributed by atoms with Crippen LogP contribution in [0.15, 0.2) is 0 Å². The lowest BCUT2D eigenvalue weighted by molar-refractivity contribution is -0.135. The molecule has 0 unspecified atom stereocenters. The molecule has 0 spiro atoms. The maximum absolute atomic E-state index is 12.0. The monoisotopic (exact) mass is 321 g/mol. The van der Waals surface area contributed by atoms with Gasteiger partial charge in [-0.05, 0) is 31.6 Å². The van der Waals surface area contributed by atoms with Crippen molar-refractivity contribution in [3.8, 4) is 0 Å². The molecule has 1 fully saturated rings. The topological polar surface area (TPSA) is 81.1 Å². The molecule has 0 aliphatic heterocycles. The van der Waals surface area contributed by atoms with E-state index in [1.807, 2.05) is 0 Å². The first kappa shape index (κ1) is 15.9. The highest BCUT2D eigenvalue weighted by molar-refractivity contribution is 7.18. The molecule has 5 N–H and O–H groups in total. The Kier molecular flexibility index (Phi) is 4.65. The van der Waals surface area contributed by atoms with Gasteiger partial charge in [0.25, 0.3) is 5.91 Å². The number of halogens is 3. The second-order valence-corrected chi connectivity index (χ2v) is 6.25. The minimum Gasteiger partial charge on any atom is -0.397 e. The number of nitrogens with one attached hydrogen (secondary N) is 1. The normalized spacial score (nSPS) is 15.2. The fourth-order valence-electron chi connectivity index (χ4n) is 2.20. The summed E-state index contributed by atoms with van der Waals surface area (Å²) in [4.78, 5) is 11.6. The Morgan fingerprint density at radius 3 is 2.52 bits per heavy atom. The molecule has 1 aliphatic carbocycles. The maximum Gasteiger partial charge on any atom is 0.389 e. The van der Waals surface area contributed by atoms with Gasteiger partial charge in [-0.15, -0.1) is 11.3 Å². The van der Waals surface area contributed by atoms with E-state index in [1.165, 1.54) is 11.3 Å². The molecule has 0 aromatic carbocycles. The molecule has 1 heterocycles. The maximum atomic E-state index is 12.0. The van der Waals surface area contributed by atoms with E-state index in [1.54, 1.807) is 0 Å². The number of primary amides is 1. The first-order valence-corrected chi connectivity index (χ1v) is 7.64. The van der Waals surface area contributed by atoms with Crippen molar-refractivity contribution in [3.05, 3.63) is 10.4 Å². The number of thiophene rings is 1. The van der Waals surface area contributed by atoms with E-state index in [-0.39, 0.29) is 6.42 Å². The fourth-order valence-corrected chi connectivity index (χ4v) is 3.29. The molecule has 1 aromatic rings. The Morgan fingerprint density at radius 1 is 1.33 bits per heavy atom. The van der Waals surface area contributed by atoms with E-state index in [0.29, 0.717) is 29.4 Å². The van der Waals surface area contributed by atoms with Gasteiger partial charge in [0.2, 0.25) is 0 Å². The zero-order valence-corrected chi connectivity index (χ0v) is 12.2. The summed E-state index contributed by atoms with van der Waals surface area (Å²) in [6.07, 6.45) is -2.36. The van der Waals surface area contributed by atoms with Crippen LogP contribution in [0, 0.1) is 0 Å². The molecule has 21 heavy (non-hydrogen) atoms. The highest BCUT2D eigenvalue weighted by Gasteiger charge is 2.32. The largest absolute Gasteiger partial charge is 0.397 e. The van der Waals surface area contributed by atoms with Crippen LogP contribution in [0.5, 0.6) is 0 Å². The Balaban J connectivity index is 1.93. The van der Waals surface area contributed by atoms with Crippen molar-refractivity contribution in [2.75, 3.05) is 17.6 Å². The molecular weight excluding hydrogens is 303 g/mol. The zero-order valence-electron chi connectivity index (χ0n) is 11.4. The number of anilines is 2. The van der Waals surface area contributed by atoms with E-state index >= 15 is 0 Å². The van der Waals surface area contributed by atoms with E-state index in [2.05, 4.69) is 5.32 Å². The van der Waals surface area contributed by atoms with E-state index in [0.717, 1.165) is 23.4 Å². The molecule has 8 heteroatoms. The van der Waals surface area contributed by atoms with Crippen LogP contribution in [0.25, 0.3) is 0 Å². The molecule has 2 rings (SSSR count). The van der Waals surface area contributed by atoms with Crippen molar-refractivity contribution < 1.29 is 18.0 Å². The standard InChI is InChI=1S/C13H18F3N3OS/c14-13(15,16)5-1-2-6-19-12-8(7-3-4-7)9(17)10(21-12)11(18)20/h7,19H,1-6,17H2,(H2,18,20). The van der Waals surface area contributed by atoms with Gasteiger partial charge in [-0.1, -0.05) is 0 Å². The first-order chi connectivity index (χ1) is 9.79. The molecule has 0 radical (unpaired) electrons. The van der Waals surface area contributed by atoms with Gasteiger partial charge in [0.05, 0.1) is 10.7 Å².